The second-order valence-corrected chi connectivity index (χ2v) is 7.24. The van der Waals surface area contributed by atoms with Crippen LogP contribution in [0, 0.1) is 13.8 Å². The summed E-state index contributed by atoms with van der Waals surface area (Å²) in [6.45, 7) is 4.08. The van der Waals surface area contributed by atoms with Crippen LogP contribution in [0.15, 0.2) is 76.2 Å². The molecule has 0 saturated heterocycles. The van der Waals surface area contributed by atoms with E-state index in [0.717, 1.165) is 22.1 Å². The molecule has 0 bridgehead atoms. The number of halogens is 1. The van der Waals surface area contributed by atoms with Crippen molar-refractivity contribution in [1.82, 2.24) is 20.0 Å². The van der Waals surface area contributed by atoms with Gasteiger partial charge in [-0.05, 0) is 52.8 Å². The van der Waals surface area contributed by atoms with Crippen molar-refractivity contribution in [3.05, 3.63) is 71.2 Å². The average Bonchev–Trinajstić information content (AvgIpc) is 3.52. The maximum absolute atomic E-state index is 4.70. The molecule has 0 fully saturated rings. The zero-order valence-electron chi connectivity index (χ0n) is 16.3. The van der Waals surface area contributed by atoms with Crippen LogP contribution in [0.1, 0.15) is 10.6 Å². The first kappa shape index (κ1) is 21.6. The molecule has 3 heterocycles. The number of aromatic nitrogens is 5. The first-order chi connectivity index (χ1) is 14.2. The van der Waals surface area contributed by atoms with Gasteiger partial charge in [-0.2, -0.15) is 5.43 Å². The van der Waals surface area contributed by atoms with E-state index in [0.29, 0.717) is 5.82 Å². The molecule has 1 aliphatic heterocycles. The molecule has 0 atom stereocenters. The monoisotopic (exact) mass is 484 g/mol. The number of nitrogens with two attached hydrogens (primary N) is 1. The van der Waals surface area contributed by atoms with Gasteiger partial charge < -0.3 is 17.0 Å². The van der Waals surface area contributed by atoms with Crippen LogP contribution in [0.3, 0.4) is 0 Å². The Kier molecular flexibility index (Phi) is 7.22. The molecular formula is C19H19BrN9S+. The average molecular weight is 485 g/mol. The highest BCUT2D eigenvalue weighted by Gasteiger charge is 2.24. The molecule has 9 nitrogen and oxygen atoms in total. The quantitative estimate of drug-likeness (QED) is 0.303. The number of benzene rings is 2. The van der Waals surface area contributed by atoms with E-state index in [1.807, 2.05) is 67.6 Å². The van der Waals surface area contributed by atoms with Crippen molar-refractivity contribution in [3.63, 3.8) is 0 Å². The molecule has 152 valence electrons. The van der Waals surface area contributed by atoms with Crippen molar-refractivity contribution < 1.29 is 27.2 Å². The second-order valence-electron chi connectivity index (χ2n) is 6.06. The molecule has 0 radical (unpaired) electrons. The van der Waals surface area contributed by atoms with E-state index in [9.17, 15) is 0 Å². The summed E-state index contributed by atoms with van der Waals surface area (Å²) >= 11 is 1.61. The molecular weight excluding hydrogens is 466 g/mol. The standard InChI is InChI=1S/C18H16N5S.CH2N4.BrH/c1-13-14(2)24-18(19-13)23-21-17(15-9-5-3-6-10-15)20-22(23)16-11-7-4-8-12-16;1-2-4-5-3-1;/h3-12H,1-2H3;1H,(H,2,3,4,5);1H/q+1;;. The molecule has 0 unspecified atom stereocenters. The van der Waals surface area contributed by atoms with E-state index >= 15 is 0 Å². The van der Waals surface area contributed by atoms with Gasteiger partial charge in [0.05, 0.1) is 5.22 Å². The van der Waals surface area contributed by atoms with E-state index in [-0.39, 0.29) is 17.0 Å². The van der Waals surface area contributed by atoms with Gasteiger partial charge in [0.15, 0.2) is 0 Å². The van der Waals surface area contributed by atoms with Crippen molar-refractivity contribution in [2.75, 3.05) is 0 Å². The van der Waals surface area contributed by atoms with Crippen LogP contribution in [0.25, 0.3) is 22.2 Å². The molecule has 11 heteroatoms. The molecule has 2 aromatic heterocycles. The molecule has 30 heavy (non-hydrogen) atoms. The highest BCUT2D eigenvalue weighted by molar-refractivity contribution is 7.13. The third-order valence-corrected chi connectivity index (χ3v) is 5.11. The summed E-state index contributed by atoms with van der Waals surface area (Å²) < 4.78 is 0. The van der Waals surface area contributed by atoms with Gasteiger partial charge in [-0.25, -0.2) is 0 Å². The van der Waals surface area contributed by atoms with Crippen LogP contribution in [0.5, 0.6) is 0 Å². The summed E-state index contributed by atoms with van der Waals surface area (Å²) in [6, 6.07) is 20.0. The zero-order valence-corrected chi connectivity index (χ0v) is 18.7. The maximum Gasteiger partial charge on any atom is 0.364 e. The minimum Gasteiger partial charge on any atom is -1.00 e. The molecule has 1 aliphatic rings. The van der Waals surface area contributed by atoms with Crippen LogP contribution in [-0.4, -0.2) is 26.3 Å². The lowest BCUT2D eigenvalue weighted by molar-refractivity contribution is -0.734. The van der Waals surface area contributed by atoms with Crippen LogP contribution in [0.2, 0.25) is 0 Å². The number of quaternary nitrogens is 1. The first-order valence-electron chi connectivity index (χ1n) is 8.92. The molecule has 4 aromatic rings. The molecule has 0 spiro atoms. The highest BCUT2D eigenvalue weighted by Crippen LogP contribution is 2.18. The minimum atomic E-state index is 0. The number of para-hydroxylation sites is 1. The molecule has 5 rings (SSSR count). The van der Waals surface area contributed by atoms with Gasteiger partial charge in [-0.1, -0.05) is 57.8 Å². The minimum absolute atomic E-state index is 0. The van der Waals surface area contributed by atoms with Gasteiger partial charge in [0.2, 0.25) is 6.34 Å². The number of hydrogen-bond donors (Lipinski definition) is 1. The Bertz CT molecular complexity index is 1120. The summed E-state index contributed by atoms with van der Waals surface area (Å²) in [7, 11) is 0. The predicted molar refractivity (Wildman–Crippen MR) is 109 cm³/mol. The van der Waals surface area contributed by atoms with Crippen LogP contribution >= 0.6 is 11.3 Å². The van der Waals surface area contributed by atoms with Crippen LogP contribution in [-0.2, 0) is 0 Å². The van der Waals surface area contributed by atoms with Crippen molar-refractivity contribution in [1.29, 1.82) is 0 Å². The van der Waals surface area contributed by atoms with Crippen molar-refractivity contribution in [2.24, 2.45) is 15.5 Å². The van der Waals surface area contributed by atoms with E-state index < -0.39 is 0 Å². The maximum atomic E-state index is 4.70. The van der Waals surface area contributed by atoms with Crippen molar-refractivity contribution in [3.8, 4) is 22.2 Å². The smallest absolute Gasteiger partial charge is 0.364 e. The largest absolute Gasteiger partial charge is 1.00 e. The Labute approximate surface area is 187 Å². The fourth-order valence-corrected chi connectivity index (χ4v) is 3.38. The molecule has 2 aromatic carbocycles. The lowest BCUT2D eigenvalue weighted by atomic mass is 10.2. The van der Waals surface area contributed by atoms with Gasteiger partial charge >= 0.3 is 5.13 Å². The third-order valence-electron chi connectivity index (χ3n) is 4.07. The SMILES string of the molecule is C1=NN=N[NH2+]1.Cc1nc(-[n+]2nc(-c3ccccc3)nn2-c2ccccc2)sc1C.[Br-]. The topological polar surface area (TPSA) is 101 Å². The van der Waals surface area contributed by atoms with Gasteiger partial charge in [-0.3, -0.25) is 0 Å². The van der Waals surface area contributed by atoms with Crippen LogP contribution in [0.4, 0.5) is 0 Å². The number of thiazole rings is 1. The highest BCUT2D eigenvalue weighted by atomic mass is 79.9. The summed E-state index contributed by atoms with van der Waals surface area (Å²) in [5, 5.41) is 20.2. The van der Waals surface area contributed by atoms with E-state index in [2.05, 4.69) is 27.5 Å². The lowest BCUT2D eigenvalue weighted by Gasteiger charge is -1.97. The van der Waals surface area contributed by atoms with Gasteiger partial charge in [0.1, 0.15) is 11.4 Å². The Morgan fingerprint density at radius 2 is 1.67 bits per heavy atom. The number of aryl methyl sites for hydroxylation is 2. The third kappa shape index (κ3) is 4.87. The van der Waals surface area contributed by atoms with E-state index in [1.54, 1.807) is 20.9 Å². The summed E-state index contributed by atoms with van der Waals surface area (Å²) in [5.74, 6) is 0.671. The molecule has 0 amide bonds. The van der Waals surface area contributed by atoms with Gasteiger partial charge in [-0.15, -0.1) is 0 Å². The Morgan fingerprint density at radius 3 is 2.20 bits per heavy atom. The van der Waals surface area contributed by atoms with Gasteiger partial charge in [0, 0.05) is 20.8 Å². The summed E-state index contributed by atoms with van der Waals surface area (Å²) in [4.78, 5) is 9.37. The fourth-order valence-electron chi connectivity index (χ4n) is 2.53. The molecule has 2 N–H and O–H groups in total. The summed E-state index contributed by atoms with van der Waals surface area (Å²) in [5.41, 5.74) is 4.47. The molecule has 0 aliphatic carbocycles. The summed E-state index contributed by atoms with van der Waals surface area (Å²) in [6.07, 6.45) is 1.53. The Balaban J connectivity index is 0.000000376. The zero-order chi connectivity index (χ0) is 20.1. The number of nitrogens with zero attached hydrogens (tertiary/aromatic N) is 8. The number of hydrogen-bond acceptors (Lipinski definition) is 7. The normalized spacial score (nSPS) is 11.7. The van der Waals surface area contributed by atoms with Crippen molar-refractivity contribution in [2.45, 2.75) is 13.8 Å². The van der Waals surface area contributed by atoms with Gasteiger partial charge in [0.25, 0.3) is 5.82 Å². The second kappa shape index (κ2) is 10.1. The molecule has 0 saturated carbocycles. The lowest BCUT2D eigenvalue weighted by Crippen LogP contribution is -3.00. The fraction of sp³-hybridized carbons (Fsp3) is 0.105. The first-order valence-corrected chi connectivity index (χ1v) is 9.74. The predicted octanol–water partition coefficient (Wildman–Crippen LogP) is -0.838. The van der Waals surface area contributed by atoms with E-state index in [1.165, 1.54) is 16.6 Å². The van der Waals surface area contributed by atoms with Crippen molar-refractivity contribution >= 4 is 17.7 Å². The number of tetrazole rings is 1. The Morgan fingerprint density at radius 1 is 0.967 bits per heavy atom. The van der Waals surface area contributed by atoms with Crippen LogP contribution < -0.4 is 27.2 Å². The van der Waals surface area contributed by atoms with E-state index in [4.69, 9.17) is 10.2 Å². The Hall–Kier alpha value is -3.15. The number of rotatable bonds is 3.